The second-order valence-corrected chi connectivity index (χ2v) is 3.75. The number of Topliss-reactive ketones (excluding diaryl/α,β-unsaturated/α-hetero) is 1. The van der Waals surface area contributed by atoms with E-state index in [1.54, 1.807) is 6.92 Å². The fraction of sp³-hybridized carbons (Fsp3) is 0.250. The molecule has 0 atom stereocenters. The molecule has 0 aromatic heterocycles. The number of allylic oxidation sites excluding steroid dienone is 1. The number of benzene rings is 1. The van der Waals surface area contributed by atoms with Crippen LogP contribution in [0.2, 0.25) is 0 Å². The third-order valence-electron chi connectivity index (χ3n) is 2.06. The van der Waals surface area contributed by atoms with Gasteiger partial charge in [-0.2, -0.15) is 13.2 Å². The summed E-state index contributed by atoms with van der Waals surface area (Å²) in [5.41, 5.74) is -1.06. The van der Waals surface area contributed by atoms with E-state index in [1.807, 2.05) is 0 Å². The summed E-state index contributed by atoms with van der Waals surface area (Å²) in [6.07, 6.45) is -4.85. The minimum absolute atomic E-state index is 0.0526. The van der Waals surface area contributed by atoms with Crippen LogP contribution in [-0.4, -0.2) is 5.78 Å². The van der Waals surface area contributed by atoms with Gasteiger partial charge in [-0.05, 0) is 25.1 Å². The van der Waals surface area contributed by atoms with Crippen LogP contribution in [0, 0.1) is 5.82 Å². The summed E-state index contributed by atoms with van der Waals surface area (Å²) in [6.45, 7) is 5.08. The molecule has 0 saturated heterocycles. The zero-order valence-corrected chi connectivity index (χ0v) is 9.07. The molecule has 92 valence electrons. The Kier molecular flexibility index (Phi) is 3.70. The molecule has 0 amide bonds. The van der Waals surface area contributed by atoms with Gasteiger partial charge in [0.05, 0.1) is 5.56 Å². The van der Waals surface area contributed by atoms with Gasteiger partial charge in [-0.3, -0.25) is 4.79 Å². The first-order chi connectivity index (χ1) is 7.71. The van der Waals surface area contributed by atoms with Crippen LogP contribution < -0.4 is 0 Å². The lowest BCUT2D eigenvalue weighted by Gasteiger charge is -2.09. The number of carbonyl (C=O) groups excluding carboxylic acids is 1. The molecule has 0 aliphatic heterocycles. The van der Waals surface area contributed by atoms with Gasteiger partial charge in [0.25, 0.3) is 0 Å². The average molecular weight is 246 g/mol. The van der Waals surface area contributed by atoms with Crippen molar-refractivity contribution in [3.05, 3.63) is 47.3 Å². The molecule has 0 aliphatic rings. The first-order valence-corrected chi connectivity index (χ1v) is 4.76. The van der Waals surface area contributed by atoms with Crippen LogP contribution in [0.5, 0.6) is 0 Å². The van der Waals surface area contributed by atoms with Gasteiger partial charge in [0.1, 0.15) is 5.82 Å². The van der Waals surface area contributed by atoms with Gasteiger partial charge in [-0.25, -0.2) is 4.39 Å². The van der Waals surface area contributed by atoms with Crippen molar-refractivity contribution in [2.24, 2.45) is 0 Å². The molecule has 1 aromatic rings. The number of hydrogen-bond donors (Lipinski definition) is 0. The largest absolute Gasteiger partial charge is 0.419 e. The Balaban J connectivity index is 3.13. The maximum Gasteiger partial charge on any atom is 0.419 e. The highest BCUT2D eigenvalue weighted by Gasteiger charge is 2.34. The van der Waals surface area contributed by atoms with Gasteiger partial charge >= 0.3 is 6.18 Å². The van der Waals surface area contributed by atoms with E-state index in [0.29, 0.717) is 17.7 Å². The molecule has 0 spiro atoms. The highest BCUT2D eigenvalue weighted by Crippen LogP contribution is 2.32. The van der Waals surface area contributed by atoms with Crippen LogP contribution in [0.25, 0.3) is 0 Å². The molecule has 0 bridgehead atoms. The Morgan fingerprint density at radius 1 is 1.35 bits per heavy atom. The van der Waals surface area contributed by atoms with Gasteiger partial charge in [-0.15, -0.1) is 0 Å². The highest BCUT2D eigenvalue weighted by atomic mass is 19.4. The third-order valence-corrected chi connectivity index (χ3v) is 2.06. The van der Waals surface area contributed by atoms with Gasteiger partial charge in [0.2, 0.25) is 0 Å². The molecule has 0 saturated carbocycles. The van der Waals surface area contributed by atoms with Gasteiger partial charge < -0.3 is 0 Å². The molecule has 0 fully saturated rings. The lowest BCUT2D eigenvalue weighted by atomic mass is 10.0. The van der Waals surface area contributed by atoms with E-state index in [9.17, 15) is 22.4 Å². The molecule has 1 aromatic carbocycles. The van der Waals surface area contributed by atoms with E-state index in [2.05, 4.69) is 6.58 Å². The molecule has 0 heterocycles. The molecule has 1 rings (SSSR count). The fourth-order valence-corrected chi connectivity index (χ4v) is 1.29. The predicted octanol–water partition coefficient (Wildman–Crippen LogP) is 3.99. The third kappa shape index (κ3) is 3.41. The second kappa shape index (κ2) is 4.69. The van der Waals surface area contributed by atoms with Crippen molar-refractivity contribution in [1.29, 1.82) is 0 Å². The molecular formula is C12H10F4O. The van der Waals surface area contributed by atoms with Crippen LogP contribution in [0.15, 0.2) is 30.4 Å². The lowest BCUT2D eigenvalue weighted by Crippen LogP contribution is -2.10. The first kappa shape index (κ1) is 13.4. The molecule has 1 nitrogen and oxygen atoms in total. The average Bonchev–Trinajstić information content (AvgIpc) is 2.15. The van der Waals surface area contributed by atoms with E-state index in [4.69, 9.17) is 0 Å². The van der Waals surface area contributed by atoms with E-state index < -0.39 is 23.3 Å². The molecule has 0 unspecified atom stereocenters. The number of halogens is 4. The molecule has 0 aliphatic carbocycles. The predicted molar refractivity (Wildman–Crippen MR) is 55.2 cm³/mol. The van der Waals surface area contributed by atoms with E-state index >= 15 is 0 Å². The topological polar surface area (TPSA) is 17.1 Å². The van der Waals surface area contributed by atoms with Crippen molar-refractivity contribution in [3.63, 3.8) is 0 Å². The summed E-state index contributed by atoms with van der Waals surface area (Å²) < 4.78 is 50.1. The van der Waals surface area contributed by atoms with E-state index in [0.717, 1.165) is 6.07 Å². The Morgan fingerprint density at radius 2 is 1.94 bits per heavy atom. The molecule has 0 N–H and O–H groups in total. The van der Waals surface area contributed by atoms with E-state index in [-0.39, 0.29) is 12.0 Å². The normalized spacial score (nSPS) is 11.4. The smallest absolute Gasteiger partial charge is 0.294 e. The monoisotopic (exact) mass is 246 g/mol. The lowest BCUT2D eigenvalue weighted by molar-refractivity contribution is -0.140. The standard InChI is InChI=1S/C12H10F4O/c1-7(2)5-11(17)8-3-4-10(13)9(6-8)12(14,15)16/h3-4,6H,1,5H2,2H3. The number of rotatable bonds is 3. The summed E-state index contributed by atoms with van der Waals surface area (Å²) in [7, 11) is 0. The molecule has 0 radical (unpaired) electrons. The molecular weight excluding hydrogens is 236 g/mol. The summed E-state index contributed by atoms with van der Waals surface area (Å²) >= 11 is 0. The van der Waals surface area contributed by atoms with Crippen LogP contribution in [0.4, 0.5) is 17.6 Å². The van der Waals surface area contributed by atoms with E-state index in [1.165, 1.54) is 0 Å². The van der Waals surface area contributed by atoms with Crippen molar-refractivity contribution < 1.29 is 22.4 Å². The maximum atomic E-state index is 12.9. The van der Waals surface area contributed by atoms with Gasteiger partial charge in [0, 0.05) is 12.0 Å². The van der Waals surface area contributed by atoms with Crippen molar-refractivity contribution in [1.82, 2.24) is 0 Å². The molecule has 5 heteroatoms. The number of carbonyl (C=O) groups is 1. The Hall–Kier alpha value is -1.65. The minimum atomic E-state index is -4.80. The maximum absolute atomic E-state index is 12.9. The summed E-state index contributed by atoms with van der Waals surface area (Å²) in [5, 5.41) is 0. The highest BCUT2D eigenvalue weighted by molar-refractivity contribution is 5.97. The van der Waals surface area contributed by atoms with Crippen molar-refractivity contribution in [2.45, 2.75) is 19.5 Å². The van der Waals surface area contributed by atoms with Crippen LogP contribution in [0.1, 0.15) is 29.3 Å². The Bertz CT molecular complexity index is 460. The second-order valence-electron chi connectivity index (χ2n) is 3.75. The van der Waals surface area contributed by atoms with Crippen molar-refractivity contribution in [2.75, 3.05) is 0 Å². The Labute approximate surface area is 95.8 Å². The zero-order chi connectivity index (χ0) is 13.2. The summed E-state index contributed by atoms with van der Waals surface area (Å²) in [5.74, 6) is -1.90. The van der Waals surface area contributed by atoms with Crippen LogP contribution in [-0.2, 0) is 6.18 Å². The van der Waals surface area contributed by atoms with Gasteiger partial charge in [0.15, 0.2) is 5.78 Å². The van der Waals surface area contributed by atoms with Crippen molar-refractivity contribution >= 4 is 5.78 Å². The quantitative estimate of drug-likeness (QED) is 0.447. The zero-order valence-electron chi connectivity index (χ0n) is 9.07. The minimum Gasteiger partial charge on any atom is -0.294 e. The van der Waals surface area contributed by atoms with Crippen molar-refractivity contribution in [3.8, 4) is 0 Å². The molecule has 17 heavy (non-hydrogen) atoms. The number of ketones is 1. The van der Waals surface area contributed by atoms with Crippen LogP contribution in [0.3, 0.4) is 0 Å². The summed E-state index contributed by atoms with van der Waals surface area (Å²) in [6, 6.07) is 2.21. The first-order valence-electron chi connectivity index (χ1n) is 4.76. The summed E-state index contributed by atoms with van der Waals surface area (Å²) in [4.78, 5) is 11.5. The number of hydrogen-bond acceptors (Lipinski definition) is 1. The SMILES string of the molecule is C=C(C)CC(=O)c1ccc(F)c(C(F)(F)F)c1. The fourth-order valence-electron chi connectivity index (χ4n) is 1.29. The van der Waals surface area contributed by atoms with Gasteiger partial charge in [-0.1, -0.05) is 12.2 Å². The Morgan fingerprint density at radius 3 is 2.41 bits per heavy atom. The number of alkyl halides is 3. The van der Waals surface area contributed by atoms with Crippen LogP contribution >= 0.6 is 0 Å².